The van der Waals surface area contributed by atoms with E-state index in [-0.39, 0.29) is 6.10 Å². The number of ether oxygens (including phenoxy) is 2. The maximum absolute atomic E-state index is 5.91. The molecule has 1 aliphatic rings. The van der Waals surface area contributed by atoms with Gasteiger partial charge in [-0.15, -0.1) is 0 Å². The molecule has 1 aromatic rings. The predicted octanol–water partition coefficient (Wildman–Crippen LogP) is 2.50. The molecule has 0 bridgehead atoms. The zero-order valence-electron chi connectivity index (χ0n) is 9.77. The quantitative estimate of drug-likeness (QED) is 0.908. The fourth-order valence-electron chi connectivity index (χ4n) is 1.99. The number of nitrogens with two attached hydrogens (primary N) is 1. The molecule has 0 radical (unpaired) electrons. The summed E-state index contributed by atoms with van der Waals surface area (Å²) >= 11 is 3.53. The van der Waals surface area contributed by atoms with E-state index in [2.05, 4.69) is 15.9 Å². The minimum Gasteiger partial charge on any atom is -0.381 e. The molecule has 2 unspecified atom stereocenters. The fraction of sp³-hybridized carbons (Fsp3) is 0.538. The van der Waals surface area contributed by atoms with Gasteiger partial charge in [0.15, 0.2) is 0 Å². The lowest BCUT2D eigenvalue weighted by molar-refractivity contribution is 0.0298. The first-order valence-electron chi connectivity index (χ1n) is 5.95. The van der Waals surface area contributed by atoms with Gasteiger partial charge in [0.1, 0.15) is 0 Å². The Kier molecular flexibility index (Phi) is 4.98. The van der Waals surface area contributed by atoms with Crippen molar-refractivity contribution in [2.45, 2.75) is 12.5 Å². The largest absolute Gasteiger partial charge is 0.381 e. The molecule has 2 N–H and O–H groups in total. The molecule has 94 valence electrons. The highest BCUT2D eigenvalue weighted by atomic mass is 79.9. The van der Waals surface area contributed by atoms with Crippen molar-refractivity contribution in [2.24, 2.45) is 11.7 Å². The maximum atomic E-state index is 5.91. The highest BCUT2D eigenvalue weighted by Gasteiger charge is 2.19. The van der Waals surface area contributed by atoms with Gasteiger partial charge in [0.05, 0.1) is 19.3 Å². The van der Waals surface area contributed by atoms with Crippen LogP contribution in [0.5, 0.6) is 0 Å². The van der Waals surface area contributed by atoms with Gasteiger partial charge in [-0.2, -0.15) is 0 Å². The van der Waals surface area contributed by atoms with Crippen molar-refractivity contribution in [3.63, 3.8) is 0 Å². The first-order chi connectivity index (χ1) is 8.31. The Morgan fingerprint density at radius 2 is 2.29 bits per heavy atom. The van der Waals surface area contributed by atoms with E-state index < -0.39 is 0 Å². The lowest BCUT2D eigenvalue weighted by Crippen LogP contribution is -2.20. The smallest absolute Gasteiger partial charge is 0.0958 e. The van der Waals surface area contributed by atoms with Crippen LogP contribution in [0.3, 0.4) is 0 Å². The molecule has 17 heavy (non-hydrogen) atoms. The van der Waals surface area contributed by atoms with E-state index in [4.69, 9.17) is 15.2 Å². The third kappa shape index (κ3) is 3.52. The molecule has 0 aromatic heterocycles. The van der Waals surface area contributed by atoms with E-state index in [0.717, 1.165) is 36.3 Å². The van der Waals surface area contributed by atoms with Gasteiger partial charge in [-0.05, 0) is 18.1 Å². The zero-order valence-corrected chi connectivity index (χ0v) is 11.4. The molecule has 1 aliphatic heterocycles. The highest BCUT2D eigenvalue weighted by Crippen LogP contribution is 2.26. The Labute approximate surface area is 110 Å². The van der Waals surface area contributed by atoms with Gasteiger partial charge >= 0.3 is 0 Å². The number of hydrogen-bond donors (Lipinski definition) is 1. The molecule has 4 heteroatoms. The summed E-state index contributed by atoms with van der Waals surface area (Å²) in [4.78, 5) is 0. The fourth-order valence-corrected chi connectivity index (χ4v) is 2.53. The van der Waals surface area contributed by atoms with E-state index in [1.165, 1.54) is 0 Å². The summed E-state index contributed by atoms with van der Waals surface area (Å²) in [5, 5.41) is 0. The standard InChI is InChI=1S/C13H18BrNO2/c14-12-4-2-1-3-11(12)13(7-15)17-9-10-5-6-16-8-10/h1-4,10,13H,5-9,15H2. The minimum absolute atomic E-state index is 0.0359. The van der Waals surface area contributed by atoms with Crippen LogP contribution < -0.4 is 5.73 Å². The Balaban J connectivity index is 1.94. The molecule has 0 saturated carbocycles. The highest BCUT2D eigenvalue weighted by molar-refractivity contribution is 9.10. The summed E-state index contributed by atoms with van der Waals surface area (Å²) in [6, 6.07) is 8.06. The molecule has 1 saturated heterocycles. The van der Waals surface area contributed by atoms with Crippen LogP contribution in [0.2, 0.25) is 0 Å². The average Bonchev–Trinajstić information content (AvgIpc) is 2.85. The summed E-state index contributed by atoms with van der Waals surface area (Å²) < 4.78 is 12.3. The van der Waals surface area contributed by atoms with Crippen molar-refractivity contribution in [1.82, 2.24) is 0 Å². The van der Waals surface area contributed by atoms with Crippen LogP contribution in [0.1, 0.15) is 18.1 Å². The predicted molar refractivity (Wildman–Crippen MR) is 70.8 cm³/mol. The molecule has 0 aliphatic carbocycles. The Morgan fingerprint density at radius 3 is 2.94 bits per heavy atom. The summed E-state index contributed by atoms with van der Waals surface area (Å²) in [6.07, 6.45) is 1.05. The summed E-state index contributed by atoms with van der Waals surface area (Å²) in [5.74, 6) is 0.520. The molecule has 0 amide bonds. The van der Waals surface area contributed by atoms with Crippen LogP contribution in [0.25, 0.3) is 0 Å². The van der Waals surface area contributed by atoms with Crippen molar-refractivity contribution in [1.29, 1.82) is 0 Å². The molecule has 1 fully saturated rings. The SMILES string of the molecule is NCC(OCC1CCOC1)c1ccccc1Br. The van der Waals surface area contributed by atoms with E-state index in [0.29, 0.717) is 12.5 Å². The first kappa shape index (κ1) is 13.0. The lowest BCUT2D eigenvalue weighted by atomic mass is 10.1. The van der Waals surface area contributed by atoms with E-state index in [1.54, 1.807) is 0 Å². The number of rotatable bonds is 5. The van der Waals surface area contributed by atoms with Crippen LogP contribution in [-0.4, -0.2) is 26.4 Å². The molecule has 2 atom stereocenters. The average molecular weight is 300 g/mol. The molecule has 0 spiro atoms. The van der Waals surface area contributed by atoms with E-state index in [1.807, 2.05) is 24.3 Å². The molecule has 1 aromatic carbocycles. The lowest BCUT2D eigenvalue weighted by Gasteiger charge is -2.19. The van der Waals surface area contributed by atoms with Crippen molar-refractivity contribution in [3.8, 4) is 0 Å². The molecule has 3 nitrogen and oxygen atoms in total. The second-order valence-electron chi connectivity index (χ2n) is 4.31. The van der Waals surface area contributed by atoms with Crippen LogP contribution >= 0.6 is 15.9 Å². The van der Waals surface area contributed by atoms with Gasteiger partial charge in [0.2, 0.25) is 0 Å². The van der Waals surface area contributed by atoms with Crippen LogP contribution in [0.4, 0.5) is 0 Å². The second-order valence-corrected chi connectivity index (χ2v) is 5.16. The number of hydrogen-bond acceptors (Lipinski definition) is 3. The van der Waals surface area contributed by atoms with Crippen LogP contribution in [-0.2, 0) is 9.47 Å². The van der Waals surface area contributed by atoms with Crippen molar-refractivity contribution >= 4 is 15.9 Å². The van der Waals surface area contributed by atoms with Gasteiger partial charge in [-0.1, -0.05) is 34.1 Å². The zero-order chi connectivity index (χ0) is 12.1. The molecular formula is C13H18BrNO2. The third-order valence-corrected chi connectivity index (χ3v) is 3.75. The summed E-state index contributed by atoms with van der Waals surface area (Å²) in [7, 11) is 0. The number of halogens is 1. The van der Waals surface area contributed by atoms with Crippen molar-refractivity contribution in [2.75, 3.05) is 26.4 Å². The normalized spacial score (nSPS) is 21.6. The maximum Gasteiger partial charge on any atom is 0.0958 e. The van der Waals surface area contributed by atoms with E-state index in [9.17, 15) is 0 Å². The van der Waals surface area contributed by atoms with Crippen LogP contribution in [0.15, 0.2) is 28.7 Å². The Hall–Kier alpha value is -0.420. The molecular weight excluding hydrogens is 282 g/mol. The molecule has 1 heterocycles. The van der Waals surface area contributed by atoms with E-state index >= 15 is 0 Å². The van der Waals surface area contributed by atoms with Gasteiger partial charge in [-0.3, -0.25) is 0 Å². The first-order valence-corrected chi connectivity index (χ1v) is 6.74. The minimum atomic E-state index is -0.0359. The topological polar surface area (TPSA) is 44.5 Å². The Morgan fingerprint density at radius 1 is 1.47 bits per heavy atom. The van der Waals surface area contributed by atoms with Gasteiger partial charge < -0.3 is 15.2 Å². The second kappa shape index (κ2) is 6.50. The van der Waals surface area contributed by atoms with Gasteiger partial charge in [-0.25, -0.2) is 0 Å². The number of benzene rings is 1. The summed E-state index contributed by atoms with van der Waals surface area (Å²) in [5.41, 5.74) is 6.90. The van der Waals surface area contributed by atoms with Crippen molar-refractivity contribution in [3.05, 3.63) is 34.3 Å². The van der Waals surface area contributed by atoms with Crippen molar-refractivity contribution < 1.29 is 9.47 Å². The molecule has 2 rings (SSSR count). The summed E-state index contributed by atoms with van der Waals surface area (Å²) in [6.45, 7) is 2.89. The third-order valence-electron chi connectivity index (χ3n) is 3.02. The van der Waals surface area contributed by atoms with Crippen LogP contribution in [0, 0.1) is 5.92 Å². The Bertz CT molecular complexity index is 353. The van der Waals surface area contributed by atoms with Gasteiger partial charge in [0.25, 0.3) is 0 Å². The van der Waals surface area contributed by atoms with Gasteiger partial charge in [0, 0.05) is 23.5 Å². The monoisotopic (exact) mass is 299 g/mol.